The van der Waals surface area contributed by atoms with Crippen LogP contribution < -0.4 is 10.6 Å². The Kier molecular flexibility index (Phi) is 8.67. The number of carbonyl (C=O) groups is 1. The van der Waals surface area contributed by atoms with E-state index in [9.17, 15) is 20.1 Å². The fourth-order valence-electron chi connectivity index (χ4n) is 3.26. The Labute approximate surface area is 160 Å². The predicted molar refractivity (Wildman–Crippen MR) is 103 cm³/mol. The third kappa shape index (κ3) is 7.64. The number of benzene rings is 1. The molecule has 1 aliphatic carbocycles. The number of nitrogens with one attached hydrogen (secondary N) is 2. The molecule has 0 aliphatic heterocycles. The van der Waals surface area contributed by atoms with E-state index >= 15 is 0 Å². The molecule has 1 amide bonds. The lowest BCUT2D eigenvalue weighted by Gasteiger charge is -2.22. The van der Waals surface area contributed by atoms with E-state index in [0.717, 1.165) is 38.5 Å². The van der Waals surface area contributed by atoms with E-state index < -0.39 is 6.10 Å². The zero-order valence-corrected chi connectivity index (χ0v) is 16.0. The number of hydrogen-bond acceptors (Lipinski definition) is 6. The lowest BCUT2D eigenvalue weighted by Crippen LogP contribution is -2.33. The predicted octanol–water partition coefficient (Wildman–Crippen LogP) is 2.95. The van der Waals surface area contributed by atoms with Crippen LogP contribution in [0.3, 0.4) is 0 Å². The number of ether oxygens (including phenoxy) is 1. The van der Waals surface area contributed by atoms with Gasteiger partial charge in [0, 0.05) is 19.1 Å². The fraction of sp³-hybridized carbons (Fsp3) is 0.650. The third-order valence-electron chi connectivity index (χ3n) is 4.95. The van der Waals surface area contributed by atoms with Crippen molar-refractivity contribution < 1.29 is 24.9 Å². The summed E-state index contributed by atoms with van der Waals surface area (Å²) in [6.07, 6.45) is 6.06. The van der Waals surface area contributed by atoms with Gasteiger partial charge in [-0.15, -0.1) is 0 Å². The van der Waals surface area contributed by atoms with Crippen LogP contribution in [0.15, 0.2) is 18.2 Å². The molecule has 2 atom stereocenters. The number of hydrogen-bond donors (Lipinski definition) is 5. The number of aliphatic hydroxyl groups is 1. The molecule has 7 heteroatoms. The van der Waals surface area contributed by atoms with Crippen LogP contribution in [0.2, 0.25) is 0 Å². The van der Waals surface area contributed by atoms with Crippen LogP contribution in [-0.2, 0) is 4.74 Å². The van der Waals surface area contributed by atoms with E-state index in [4.69, 9.17) is 4.74 Å². The van der Waals surface area contributed by atoms with E-state index in [-0.39, 0.29) is 29.7 Å². The molecular formula is C20H32N2O5. The van der Waals surface area contributed by atoms with Gasteiger partial charge in [0.05, 0.1) is 6.10 Å². The number of carbonyl (C=O) groups excluding carboxylic acids is 1. The summed E-state index contributed by atoms with van der Waals surface area (Å²) >= 11 is 0. The molecule has 2 unspecified atom stereocenters. The minimum absolute atomic E-state index is 0.0696. The zero-order chi connectivity index (χ0) is 19.6. The highest BCUT2D eigenvalue weighted by molar-refractivity contribution is 5.67. The first-order valence-corrected chi connectivity index (χ1v) is 9.83. The van der Waals surface area contributed by atoms with Gasteiger partial charge < -0.3 is 30.7 Å². The normalized spacial score (nSPS) is 17.3. The highest BCUT2D eigenvalue weighted by Gasteiger charge is 2.17. The van der Waals surface area contributed by atoms with Crippen molar-refractivity contribution in [2.24, 2.45) is 0 Å². The van der Waals surface area contributed by atoms with Crippen LogP contribution in [0, 0.1) is 0 Å². The average Bonchev–Trinajstić information content (AvgIpc) is 2.66. The molecule has 7 nitrogen and oxygen atoms in total. The summed E-state index contributed by atoms with van der Waals surface area (Å²) in [5, 5.41) is 35.0. The number of aliphatic hydroxyl groups excluding tert-OH is 1. The standard InChI is InChI=1S/C20H32N2O5/c1-14(22-13-19(25)15-9-10-17(23)18(24)12-15)6-5-11-21-20(26)27-16-7-3-2-4-8-16/h9-10,12,14,16,19,22-25H,2-8,11,13H2,1H3,(H,21,26). The second-order valence-electron chi connectivity index (χ2n) is 7.31. The van der Waals surface area contributed by atoms with Gasteiger partial charge in [0.15, 0.2) is 11.5 Å². The van der Waals surface area contributed by atoms with E-state index in [0.29, 0.717) is 18.7 Å². The van der Waals surface area contributed by atoms with Gasteiger partial charge in [-0.1, -0.05) is 12.5 Å². The van der Waals surface area contributed by atoms with Gasteiger partial charge >= 0.3 is 6.09 Å². The number of rotatable bonds is 9. The lowest BCUT2D eigenvalue weighted by atomic mass is 9.98. The molecule has 0 radical (unpaired) electrons. The molecule has 1 saturated carbocycles. The van der Waals surface area contributed by atoms with E-state index in [1.54, 1.807) is 6.07 Å². The first-order chi connectivity index (χ1) is 13.0. The Balaban J connectivity index is 1.56. The first kappa shape index (κ1) is 21.3. The minimum atomic E-state index is -0.775. The van der Waals surface area contributed by atoms with Gasteiger partial charge in [-0.25, -0.2) is 4.79 Å². The highest BCUT2D eigenvalue weighted by atomic mass is 16.6. The van der Waals surface area contributed by atoms with Crippen molar-refractivity contribution in [3.8, 4) is 11.5 Å². The summed E-state index contributed by atoms with van der Waals surface area (Å²) in [5.41, 5.74) is 0.539. The quantitative estimate of drug-likeness (QED) is 0.333. The molecule has 1 fully saturated rings. The first-order valence-electron chi connectivity index (χ1n) is 9.83. The van der Waals surface area contributed by atoms with E-state index in [1.807, 2.05) is 6.92 Å². The molecule has 1 aromatic carbocycles. The van der Waals surface area contributed by atoms with Gasteiger partial charge in [-0.3, -0.25) is 0 Å². The largest absolute Gasteiger partial charge is 0.504 e. The van der Waals surface area contributed by atoms with Gasteiger partial charge in [0.1, 0.15) is 6.10 Å². The molecule has 1 aliphatic rings. The molecule has 1 aromatic rings. The number of amides is 1. The van der Waals surface area contributed by atoms with Crippen LogP contribution in [0.25, 0.3) is 0 Å². The minimum Gasteiger partial charge on any atom is -0.504 e. The fourth-order valence-corrected chi connectivity index (χ4v) is 3.26. The van der Waals surface area contributed by atoms with Crippen molar-refractivity contribution in [3.05, 3.63) is 23.8 Å². The smallest absolute Gasteiger partial charge is 0.407 e. The number of phenolic OH excluding ortho intramolecular Hbond substituents is 2. The monoisotopic (exact) mass is 380 g/mol. The zero-order valence-electron chi connectivity index (χ0n) is 16.0. The van der Waals surface area contributed by atoms with E-state index in [2.05, 4.69) is 10.6 Å². The van der Waals surface area contributed by atoms with Crippen molar-refractivity contribution in [1.29, 1.82) is 0 Å². The summed E-state index contributed by atoms with van der Waals surface area (Å²) in [4.78, 5) is 11.8. The van der Waals surface area contributed by atoms with Gasteiger partial charge in [-0.2, -0.15) is 0 Å². The summed E-state index contributed by atoms with van der Waals surface area (Å²) in [5.74, 6) is -0.451. The topological polar surface area (TPSA) is 111 Å². The SMILES string of the molecule is CC(CCCNC(=O)OC1CCCCC1)NCC(O)c1ccc(O)c(O)c1. The van der Waals surface area contributed by atoms with Crippen molar-refractivity contribution >= 4 is 6.09 Å². The van der Waals surface area contributed by atoms with Gasteiger partial charge in [0.25, 0.3) is 0 Å². The van der Waals surface area contributed by atoms with Crippen LogP contribution in [0.5, 0.6) is 11.5 Å². The molecule has 0 heterocycles. The van der Waals surface area contributed by atoms with Crippen molar-refractivity contribution in [1.82, 2.24) is 10.6 Å². The summed E-state index contributed by atoms with van der Waals surface area (Å²) in [6.45, 7) is 2.91. The maximum Gasteiger partial charge on any atom is 0.407 e. The Morgan fingerprint density at radius 1 is 1.22 bits per heavy atom. The van der Waals surface area contributed by atoms with Crippen LogP contribution in [0.4, 0.5) is 4.79 Å². The molecular weight excluding hydrogens is 348 g/mol. The number of aromatic hydroxyl groups is 2. The molecule has 27 heavy (non-hydrogen) atoms. The molecule has 5 N–H and O–H groups in total. The van der Waals surface area contributed by atoms with Gasteiger partial charge in [-0.05, 0) is 63.1 Å². The van der Waals surface area contributed by atoms with Crippen molar-refractivity contribution in [2.75, 3.05) is 13.1 Å². The average molecular weight is 380 g/mol. The lowest BCUT2D eigenvalue weighted by molar-refractivity contribution is 0.0753. The molecule has 0 spiro atoms. The van der Waals surface area contributed by atoms with Crippen LogP contribution in [0.1, 0.15) is 63.5 Å². The maximum absolute atomic E-state index is 11.8. The summed E-state index contributed by atoms with van der Waals surface area (Å²) < 4.78 is 5.41. The maximum atomic E-state index is 11.8. The second-order valence-corrected chi connectivity index (χ2v) is 7.31. The van der Waals surface area contributed by atoms with Crippen molar-refractivity contribution in [2.45, 2.75) is 70.1 Å². The number of alkyl carbamates (subject to hydrolysis) is 1. The highest BCUT2D eigenvalue weighted by Crippen LogP contribution is 2.27. The summed E-state index contributed by atoms with van der Waals surface area (Å²) in [7, 11) is 0. The summed E-state index contributed by atoms with van der Waals surface area (Å²) in [6, 6.07) is 4.46. The Morgan fingerprint density at radius 2 is 1.96 bits per heavy atom. The Bertz CT molecular complexity index is 590. The van der Waals surface area contributed by atoms with Crippen molar-refractivity contribution in [3.63, 3.8) is 0 Å². The molecule has 0 bridgehead atoms. The Hall–Kier alpha value is -1.99. The Morgan fingerprint density at radius 3 is 2.67 bits per heavy atom. The number of phenols is 2. The van der Waals surface area contributed by atoms with E-state index in [1.165, 1.54) is 18.6 Å². The molecule has 2 rings (SSSR count). The van der Waals surface area contributed by atoms with Crippen LogP contribution in [-0.4, -0.2) is 46.6 Å². The third-order valence-corrected chi connectivity index (χ3v) is 4.95. The molecule has 0 saturated heterocycles. The second kappa shape index (κ2) is 11.0. The van der Waals surface area contributed by atoms with Gasteiger partial charge in [0.2, 0.25) is 0 Å². The van der Waals surface area contributed by atoms with Crippen LogP contribution >= 0.6 is 0 Å². The molecule has 152 valence electrons. The molecule has 0 aromatic heterocycles.